The third kappa shape index (κ3) is 3.64. The Morgan fingerprint density at radius 2 is 1.90 bits per heavy atom. The van der Waals surface area contributed by atoms with E-state index < -0.39 is 0 Å². The summed E-state index contributed by atoms with van der Waals surface area (Å²) in [7, 11) is 0. The van der Waals surface area contributed by atoms with Crippen molar-refractivity contribution in [1.82, 2.24) is 4.98 Å². The molecular formula is C14H15Br2N3O. The molecule has 0 unspecified atom stereocenters. The highest BCUT2D eigenvalue weighted by atomic mass is 79.9. The van der Waals surface area contributed by atoms with Gasteiger partial charge in [0.2, 0.25) is 5.88 Å². The van der Waals surface area contributed by atoms with E-state index >= 15 is 0 Å². The van der Waals surface area contributed by atoms with Crippen molar-refractivity contribution in [3.63, 3.8) is 0 Å². The zero-order valence-electron chi connectivity index (χ0n) is 11.0. The molecule has 106 valence electrons. The second-order valence-electron chi connectivity index (χ2n) is 4.16. The summed E-state index contributed by atoms with van der Waals surface area (Å²) in [5.41, 5.74) is 7.30. The van der Waals surface area contributed by atoms with Crippen molar-refractivity contribution in [3.05, 3.63) is 39.3 Å². The predicted molar refractivity (Wildman–Crippen MR) is 89.6 cm³/mol. The molecule has 0 atom stereocenters. The fourth-order valence-corrected chi connectivity index (χ4v) is 2.78. The molecule has 0 saturated carbocycles. The van der Waals surface area contributed by atoms with Gasteiger partial charge in [-0.1, -0.05) is 13.0 Å². The van der Waals surface area contributed by atoms with Gasteiger partial charge in [0, 0.05) is 8.95 Å². The highest BCUT2D eigenvalue weighted by Gasteiger charge is 2.08. The molecule has 20 heavy (non-hydrogen) atoms. The minimum atomic E-state index is 0.458. The van der Waals surface area contributed by atoms with Gasteiger partial charge in [0.05, 0.1) is 18.0 Å². The third-order valence-corrected chi connectivity index (χ3v) is 3.87. The number of nitrogens with one attached hydrogen (secondary N) is 1. The summed E-state index contributed by atoms with van der Waals surface area (Å²) in [5, 5.41) is 3.24. The molecule has 2 rings (SSSR count). The van der Waals surface area contributed by atoms with Gasteiger partial charge in [0.1, 0.15) is 5.82 Å². The van der Waals surface area contributed by atoms with Crippen molar-refractivity contribution in [2.75, 3.05) is 17.7 Å². The van der Waals surface area contributed by atoms with Crippen molar-refractivity contribution >= 4 is 49.1 Å². The normalized spacial score (nSPS) is 10.3. The summed E-state index contributed by atoms with van der Waals surface area (Å²) >= 11 is 7.01. The molecule has 0 spiro atoms. The molecule has 0 fully saturated rings. The van der Waals surface area contributed by atoms with Gasteiger partial charge in [-0.3, -0.25) is 0 Å². The number of anilines is 3. The van der Waals surface area contributed by atoms with E-state index in [4.69, 9.17) is 10.5 Å². The van der Waals surface area contributed by atoms with Crippen LogP contribution in [0.2, 0.25) is 0 Å². The quantitative estimate of drug-likeness (QED) is 0.762. The van der Waals surface area contributed by atoms with E-state index in [-0.39, 0.29) is 0 Å². The number of halogens is 2. The Labute approximate surface area is 135 Å². The Bertz CT molecular complexity index is 585. The Morgan fingerprint density at radius 1 is 1.20 bits per heavy atom. The van der Waals surface area contributed by atoms with Crippen LogP contribution >= 0.6 is 31.9 Å². The van der Waals surface area contributed by atoms with E-state index in [1.165, 1.54) is 0 Å². The average Bonchev–Trinajstić information content (AvgIpc) is 2.43. The van der Waals surface area contributed by atoms with Gasteiger partial charge in [0.15, 0.2) is 0 Å². The maximum absolute atomic E-state index is 5.85. The number of benzene rings is 1. The Morgan fingerprint density at radius 3 is 2.55 bits per heavy atom. The first-order valence-corrected chi connectivity index (χ1v) is 7.80. The standard InChI is InChI=1S/C14H15Br2N3O/c1-2-8-20-14-11(17)6-7-12(19-14)18-13-9(15)4-3-5-10(13)16/h3-7H,2,8,17H2,1H3,(H,18,19). The van der Waals surface area contributed by atoms with E-state index in [0.29, 0.717) is 24.0 Å². The first-order chi connectivity index (χ1) is 9.61. The van der Waals surface area contributed by atoms with E-state index in [1.807, 2.05) is 31.2 Å². The summed E-state index contributed by atoms with van der Waals surface area (Å²) in [4.78, 5) is 4.39. The fraction of sp³-hybridized carbons (Fsp3) is 0.214. The van der Waals surface area contributed by atoms with Gasteiger partial charge in [-0.2, -0.15) is 4.98 Å². The number of rotatable bonds is 5. The molecule has 3 N–H and O–H groups in total. The van der Waals surface area contributed by atoms with Crippen LogP contribution in [0, 0.1) is 0 Å². The molecule has 1 heterocycles. The lowest BCUT2D eigenvalue weighted by Gasteiger charge is -2.12. The van der Waals surface area contributed by atoms with Gasteiger partial charge in [-0.05, 0) is 62.5 Å². The van der Waals surface area contributed by atoms with Crippen LogP contribution in [-0.4, -0.2) is 11.6 Å². The lowest BCUT2D eigenvalue weighted by molar-refractivity contribution is 0.307. The molecule has 6 heteroatoms. The van der Waals surface area contributed by atoms with Crippen LogP contribution in [-0.2, 0) is 0 Å². The minimum Gasteiger partial charge on any atom is -0.476 e. The number of hydrogen-bond donors (Lipinski definition) is 2. The monoisotopic (exact) mass is 399 g/mol. The Hall–Kier alpha value is -1.27. The molecule has 0 radical (unpaired) electrons. The van der Waals surface area contributed by atoms with Crippen LogP contribution in [0.4, 0.5) is 17.2 Å². The van der Waals surface area contributed by atoms with Gasteiger partial charge >= 0.3 is 0 Å². The number of ether oxygens (including phenoxy) is 1. The number of nitrogens with zero attached hydrogens (tertiary/aromatic N) is 1. The lowest BCUT2D eigenvalue weighted by Crippen LogP contribution is -2.03. The number of nitrogens with two attached hydrogens (primary N) is 1. The molecule has 0 bridgehead atoms. The fourth-order valence-electron chi connectivity index (χ4n) is 1.58. The second kappa shape index (κ2) is 6.95. The van der Waals surface area contributed by atoms with E-state index in [9.17, 15) is 0 Å². The van der Waals surface area contributed by atoms with Crippen molar-refractivity contribution in [1.29, 1.82) is 0 Å². The van der Waals surface area contributed by atoms with Crippen molar-refractivity contribution < 1.29 is 4.74 Å². The Balaban J connectivity index is 2.25. The summed E-state index contributed by atoms with van der Waals surface area (Å²) < 4.78 is 7.42. The second-order valence-corrected chi connectivity index (χ2v) is 5.87. The first kappa shape index (κ1) is 15.1. The number of para-hydroxylation sites is 1. The van der Waals surface area contributed by atoms with Crippen molar-refractivity contribution in [2.45, 2.75) is 13.3 Å². The minimum absolute atomic E-state index is 0.458. The van der Waals surface area contributed by atoms with E-state index in [2.05, 4.69) is 42.2 Å². The van der Waals surface area contributed by atoms with Crippen molar-refractivity contribution in [3.8, 4) is 5.88 Å². The maximum atomic E-state index is 5.85. The molecule has 1 aromatic heterocycles. The average molecular weight is 401 g/mol. The summed E-state index contributed by atoms with van der Waals surface area (Å²) in [6, 6.07) is 9.47. The van der Waals surface area contributed by atoms with Gasteiger partial charge in [-0.15, -0.1) is 0 Å². The first-order valence-electron chi connectivity index (χ1n) is 6.22. The molecule has 0 aliphatic heterocycles. The third-order valence-electron chi connectivity index (χ3n) is 2.55. The van der Waals surface area contributed by atoms with Gasteiger partial charge < -0.3 is 15.8 Å². The number of aromatic nitrogens is 1. The van der Waals surface area contributed by atoms with Crippen LogP contribution in [0.1, 0.15) is 13.3 Å². The van der Waals surface area contributed by atoms with Crippen LogP contribution in [0.3, 0.4) is 0 Å². The maximum Gasteiger partial charge on any atom is 0.239 e. The number of nitrogen functional groups attached to an aromatic ring is 1. The predicted octanol–water partition coefficient (Wildman–Crippen LogP) is 4.72. The smallest absolute Gasteiger partial charge is 0.239 e. The van der Waals surface area contributed by atoms with Crippen molar-refractivity contribution in [2.24, 2.45) is 0 Å². The molecule has 4 nitrogen and oxygen atoms in total. The SMILES string of the molecule is CCCOc1nc(Nc2c(Br)cccc2Br)ccc1N. The molecular weight excluding hydrogens is 386 g/mol. The Kier molecular flexibility index (Phi) is 5.25. The summed E-state index contributed by atoms with van der Waals surface area (Å²) in [6.45, 7) is 2.63. The molecule has 0 aliphatic rings. The molecule has 1 aromatic carbocycles. The topological polar surface area (TPSA) is 60.2 Å². The highest BCUT2D eigenvalue weighted by molar-refractivity contribution is 9.11. The molecule has 0 amide bonds. The van der Waals surface area contributed by atoms with Crippen LogP contribution < -0.4 is 15.8 Å². The zero-order valence-corrected chi connectivity index (χ0v) is 14.2. The van der Waals surface area contributed by atoms with Crippen LogP contribution in [0.15, 0.2) is 39.3 Å². The van der Waals surface area contributed by atoms with Crippen LogP contribution in [0.25, 0.3) is 0 Å². The molecule has 0 saturated heterocycles. The molecule has 0 aliphatic carbocycles. The summed E-state index contributed by atoms with van der Waals surface area (Å²) in [6.07, 6.45) is 0.911. The summed E-state index contributed by atoms with van der Waals surface area (Å²) in [5.74, 6) is 1.14. The van der Waals surface area contributed by atoms with E-state index in [1.54, 1.807) is 6.07 Å². The van der Waals surface area contributed by atoms with Crippen LogP contribution in [0.5, 0.6) is 5.88 Å². The van der Waals surface area contributed by atoms with E-state index in [0.717, 1.165) is 21.1 Å². The largest absolute Gasteiger partial charge is 0.476 e. The highest BCUT2D eigenvalue weighted by Crippen LogP contribution is 2.33. The number of hydrogen-bond acceptors (Lipinski definition) is 4. The lowest BCUT2D eigenvalue weighted by atomic mass is 10.3. The van der Waals surface area contributed by atoms with Gasteiger partial charge in [-0.25, -0.2) is 0 Å². The number of pyridine rings is 1. The zero-order chi connectivity index (χ0) is 14.5. The van der Waals surface area contributed by atoms with Gasteiger partial charge in [0.25, 0.3) is 0 Å². The molecule has 2 aromatic rings.